The van der Waals surface area contributed by atoms with E-state index in [0.717, 1.165) is 0 Å². The lowest BCUT2D eigenvalue weighted by Crippen LogP contribution is -2.41. The number of benzene rings is 3. The van der Waals surface area contributed by atoms with Gasteiger partial charge in [0.05, 0.1) is 23.0 Å². The molecular formula is C31H23ClN4O7. The van der Waals surface area contributed by atoms with Crippen molar-refractivity contribution in [3.05, 3.63) is 125 Å². The van der Waals surface area contributed by atoms with Crippen LogP contribution in [0.1, 0.15) is 37.3 Å². The van der Waals surface area contributed by atoms with Crippen LogP contribution in [-0.4, -0.2) is 62.3 Å². The van der Waals surface area contributed by atoms with Crippen molar-refractivity contribution < 1.29 is 33.3 Å². The molecule has 3 heterocycles. The first-order valence-electron chi connectivity index (χ1n) is 13.2. The summed E-state index contributed by atoms with van der Waals surface area (Å²) in [6.45, 7) is -0.321. The number of hydrogen-bond acceptors (Lipinski definition) is 10. The smallest absolute Gasteiger partial charge is 0.338 e. The summed E-state index contributed by atoms with van der Waals surface area (Å²) in [6.07, 6.45) is -1.90. The third-order valence-corrected chi connectivity index (χ3v) is 7.04. The van der Waals surface area contributed by atoms with E-state index in [9.17, 15) is 14.4 Å². The third kappa shape index (κ3) is 5.94. The first-order chi connectivity index (χ1) is 21.0. The molecule has 1 aliphatic heterocycles. The zero-order chi connectivity index (χ0) is 29.8. The molecule has 216 valence electrons. The minimum Gasteiger partial charge on any atom is -0.459 e. The second-order valence-electron chi connectivity index (χ2n) is 9.49. The minimum atomic E-state index is -1.22. The quantitative estimate of drug-likeness (QED) is 0.141. The molecule has 3 aromatic carbocycles. The van der Waals surface area contributed by atoms with E-state index in [2.05, 4.69) is 15.0 Å². The van der Waals surface area contributed by atoms with Gasteiger partial charge in [-0.1, -0.05) is 66.2 Å². The molecular weight excluding hydrogens is 576 g/mol. The normalized spacial score (nSPS) is 19.6. The monoisotopic (exact) mass is 598 g/mol. The molecule has 12 heteroatoms. The first kappa shape index (κ1) is 28.0. The van der Waals surface area contributed by atoms with Gasteiger partial charge in [0, 0.05) is 0 Å². The fourth-order valence-electron chi connectivity index (χ4n) is 4.69. The molecule has 0 radical (unpaired) electrons. The topological polar surface area (TPSA) is 132 Å². The van der Waals surface area contributed by atoms with Crippen LogP contribution in [-0.2, 0) is 18.9 Å². The van der Waals surface area contributed by atoms with Crippen LogP contribution in [0, 0.1) is 0 Å². The van der Waals surface area contributed by atoms with E-state index < -0.39 is 42.4 Å². The van der Waals surface area contributed by atoms with Crippen LogP contribution < -0.4 is 0 Å². The van der Waals surface area contributed by atoms with Crippen molar-refractivity contribution in [1.29, 1.82) is 0 Å². The second-order valence-corrected chi connectivity index (χ2v) is 9.85. The fraction of sp³-hybridized carbons (Fsp3) is 0.161. The van der Waals surface area contributed by atoms with Crippen molar-refractivity contribution in [2.24, 2.45) is 0 Å². The molecule has 1 aliphatic rings. The number of imidazole rings is 1. The largest absolute Gasteiger partial charge is 0.459 e. The summed E-state index contributed by atoms with van der Waals surface area (Å²) in [5, 5.41) is 0.111. The maximum Gasteiger partial charge on any atom is 0.338 e. The highest BCUT2D eigenvalue weighted by atomic mass is 35.5. The number of rotatable bonds is 8. The number of halogens is 1. The molecule has 6 rings (SSSR count). The van der Waals surface area contributed by atoms with Gasteiger partial charge in [-0.3, -0.25) is 4.57 Å². The van der Waals surface area contributed by atoms with Crippen molar-refractivity contribution in [1.82, 2.24) is 19.5 Å². The highest BCUT2D eigenvalue weighted by Crippen LogP contribution is 2.37. The lowest BCUT2D eigenvalue weighted by atomic mass is 10.1. The molecule has 0 N–H and O–H groups in total. The van der Waals surface area contributed by atoms with Gasteiger partial charge in [-0.15, -0.1) is 0 Å². The van der Waals surface area contributed by atoms with E-state index in [4.69, 9.17) is 30.5 Å². The molecule has 5 aromatic rings. The van der Waals surface area contributed by atoms with Crippen LogP contribution in [0.25, 0.3) is 11.2 Å². The molecule has 43 heavy (non-hydrogen) atoms. The molecule has 0 aliphatic carbocycles. The molecule has 1 saturated heterocycles. The van der Waals surface area contributed by atoms with E-state index in [1.165, 1.54) is 17.2 Å². The Hall–Kier alpha value is -5.13. The zero-order valence-corrected chi connectivity index (χ0v) is 23.1. The van der Waals surface area contributed by atoms with Gasteiger partial charge in [-0.25, -0.2) is 29.3 Å². The molecule has 0 bridgehead atoms. The van der Waals surface area contributed by atoms with Crippen LogP contribution in [0.15, 0.2) is 104 Å². The number of esters is 3. The maximum atomic E-state index is 13.3. The number of aromatic nitrogens is 4. The molecule has 4 unspecified atom stereocenters. The highest BCUT2D eigenvalue weighted by molar-refractivity contribution is 6.33. The highest BCUT2D eigenvalue weighted by Gasteiger charge is 2.51. The second kappa shape index (κ2) is 12.4. The van der Waals surface area contributed by atoms with E-state index in [-0.39, 0.29) is 28.4 Å². The third-order valence-electron chi connectivity index (χ3n) is 6.77. The Labute approximate surface area is 250 Å². The van der Waals surface area contributed by atoms with Gasteiger partial charge in [0.15, 0.2) is 29.2 Å². The standard InChI is InChI=1S/C31H23ClN4O7/c32-26-23-27(34-17-33-26)36(18-35-23)28-25(43-31(39)21-14-8-3-9-15-21)24(42-30(38)20-12-6-2-7-13-20)22(41-28)16-40-29(37)19-10-4-1-5-11-19/h1-15,17-18,22,24-25,28H,16H2. The van der Waals surface area contributed by atoms with E-state index in [1.807, 2.05) is 0 Å². The summed E-state index contributed by atoms with van der Waals surface area (Å²) in [7, 11) is 0. The molecule has 0 amide bonds. The Kier molecular flexibility index (Phi) is 8.07. The molecule has 11 nitrogen and oxygen atoms in total. The van der Waals surface area contributed by atoms with Crippen molar-refractivity contribution in [3.63, 3.8) is 0 Å². The molecule has 4 atom stereocenters. The average Bonchev–Trinajstić information content (AvgIpc) is 3.63. The Balaban J connectivity index is 1.37. The number of nitrogens with zero attached hydrogens (tertiary/aromatic N) is 4. The Bertz CT molecular complexity index is 1750. The Morgan fingerprint density at radius 1 is 0.721 bits per heavy atom. The van der Waals surface area contributed by atoms with Crippen LogP contribution in [0.2, 0.25) is 5.15 Å². The van der Waals surface area contributed by atoms with Gasteiger partial charge in [0.25, 0.3) is 0 Å². The number of carbonyl (C=O) groups excluding carboxylic acids is 3. The Morgan fingerprint density at radius 2 is 1.26 bits per heavy atom. The summed E-state index contributed by atoms with van der Waals surface area (Å²) in [4.78, 5) is 51.9. The molecule has 0 saturated carbocycles. The van der Waals surface area contributed by atoms with Crippen LogP contribution in [0.5, 0.6) is 0 Å². The lowest BCUT2D eigenvalue weighted by Gasteiger charge is -2.25. The fourth-order valence-corrected chi connectivity index (χ4v) is 4.87. The van der Waals surface area contributed by atoms with Gasteiger partial charge in [-0.2, -0.15) is 0 Å². The van der Waals surface area contributed by atoms with Gasteiger partial charge < -0.3 is 18.9 Å². The van der Waals surface area contributed by atoms with Gasteiger partial charge in [-0.05, 0) is 36.4 Å². The van der Waals surface area contributed by atoms with Crippen LogP contribution in [0.3, 0.4) is 0 Å². The van der Waals surface area contributed by atoms with Crippen molar-refractivity contribution in [2.75, 3.05) is 6.61 Å². The number of carbonyl (C=O) groups is 3. The lowest BCUT2D eigenvalue weighted by molar-refractivity contribution is -0.0606. The van der Waals surface area contributed by atoms with E-state index in [0.29, 0.717) is 11.2 Å². The van der Waals surface area contributed by atoms with E-state index >= 15 is 0 Å². The Morgan fingerprint density at radius 3 is 1.84 bits per heavy atom. The van der Waals surface area contributed by atoms with Gasteiger partial charge in [0.2, 0.25) is 0 Å². The minimum absolute atomic E-state index is 0.111. The predicted molar refractivity (Wildman–Crippen MR) is 152 cm³/mol. The SMILES string of the molecule is O=C(OCC1OC(n2cnc3c(Cl)ncnc32)C(OC(=O)c2ccccc2)C1OC(=O)c1ccccc1)c1ccccc1. The molecule has 1 fully saturated rings. The summed E-state index contributed by atoms with van der Waals surface area (Å²) < 4.78 is 25.3. The molecule has 2 aromatic heterocycles. The van der Waals surface area contributed by atoms with Crippen molar-refractivity contribution >= 4 is 40.7 Å². The first-order valence-corrected chi connectivity index (χ1v) is 13.6. The zero-order valence-electron chi connectivity index (χ0n) is 22.4. The predicted octanol–water partition coefficient (Wildman–Crippen LogP) is 4.69. The van der Waals surface area contributed by atoms with Crippen molar-refractivity contribution in [3.8, 4) is 0 Å². The summed E-state index contributed by atoms with van der Waals surface area (Å²) in [6, 6.07) is 25.1. The van der Waals surface area contributed by atoms with Crippen LogP contribution >= 0.6 is 11.6 Å². The molecule has 0 spiro atoms. The number of ether oxygens (including phenoxy) is 4. The summed E-state index contributed by atoms with van der Waals surface area (Å²) in [5.74, 6) is -1.97. The maximum absolute atomic E-state index is 13.3. The number of fused-ring (bicyclic) bond motifs is 1. The van der Waals surface area contributed by atoms with Gasteiger partial charge in [0.1, 0.15) is 24.6 Å². The van der Waals surface area contributed by atoms with Crippen LogP contribution in [0.4, 0.5) is 0 Å². The number of hydrogen-bond donors (Lipinski definition) is 0. The summed E-state index contributed by atoms with van der Waals surface area (Å²) in [5.41, 5.74) is 1.45. The average molecular weight is 599 g/mol. The summed E-state index contributed by atoms with van der Waals surface area (Å²) >= 11 is 6.23. The van der Waals surface area contributed by atoms with Crippen molar-refractivity contribution in [2.45, 2.75) is 24.5 Å². The van der Waals surface area contributed by atoms with E-state index in [1.54, 1.807) is 91.0 Å². The van der Waals surface area contributed by atoms with Gasteiger partial charge >= 0.3 is 17.9 Å².